The predicted octanol–water partition coefficient (Wildman–Crippen LogP) is 21.0. The van der Waals surface area contributed by atoms with Crippen LogP contribution in [0.3, 0.4) is 0 Å². The van der Waals surface area contributed by atoms with Crippen molar-refractivity contribution in [3.63, 3.8) is 0 Å². The fraction of sp³-hybridized carbons (Fsp3) is 0.785. The summed E-state index contributed by atoms with van der Waals surface area (Å²) < 4.78 is 17.5. The summed E-state index contributed by atoms with van der Waals surface area (Å²) in [5, 5.41) is 0. The van der Waals surface area contributed by atoms with Crippen molar-refractivity contribution in [2.75, 3.05) is 19.8 Å². The highest BCUT2D eigenvalue weighted by Gasteiger charge is 2.17. The first kappa shape index (κ1) is 67.3. The molecule has 0 amide bonds. The number of carbonyl (C=O) groups is 2. The van der Waals surface area contributed by atoms with E-state index in [9.17, 15) is 9.59 Å². The van der Waals surface area contributed by atoms with Gasteiger partial charge in [0.05, 0.1) is 6.61 Å². The van der Waals surface area contributed by atoms with Crippen LogP contribution < -0.4 is 0 Å². The molecule has 70 heavy (non-hydrogen) atoms. The molecule has 0 aliphatic rings. The fourth-order valence-electron chi connectivity index (χ4n) is 8.78. The van der Waals surface area contributed by atoms with Crippen molar-refractivity contribution in [3.05, 3.63) is 72.9 Å². The number of allylic oxidation sites excluding steroid dienone is 12. The summed E-state index contributed by atoms with van der Waals surface area (Å²) in [6.45, 7) is 7.64. The van der Waals surface area contributed by atoms with E-state index in [2.05, 4.69) is 93.7 Å². The third kappa shape index (κ3) is 57.9. The first-order chi connectivity index (χ1) is 34.6. The normalized spacial score (nSPS) is 12.7. The van der Waals surface area contributed by atoms with Gasteiger partial charge in [-0.15, -0.1) is 0 Å². The van der Waals surface area contributed by atoms with Gasteiger partial charge in [0, 0.05) is 19.4 Å². The first-order valence-corrected chi connectivity index (χ1v) is 30.5. The van der Waals surface area contributed by atoms with Gasteiger partial charge in [0.1, 0.15) is 6.61 Å². The van der Waals surface area contributed by atoms with Crippen LogP contribution in [0.25, 0.3) is 0 Å². The van der Waals surface area contributed by atoms with Crippen molar-refractivity contribution in [2.24, 2.45) is 0 Å². The van der Waals surface area contributed by atoms with Gasteiger partial charge in [-0.05, 0) is 83.5 Å². The van der Waals surface area contributed by atoms with E-state index < -0.39 is 6.10 Å². The van der Waals surface area contributed by atoms with Crippen molar-refractivity contribution in [1.29, 1.82) is 0 Å². The maximum absolute atomic E-state index is 12.9. The van der Waals surface area contributed by atoms with Crippen molar-refractivity contribution in [1.82, 2.24) is 0 Å². The molecule has 0 aromatic heterocycles. The molecular formula is C65H116O5. The van der Waals surface area contributed by atoms with Gasteiger partial charge >= 0.3 is 11.9 Å². The molecule has 0 aromatic rings. The highest BCUT2D eigenvalue weighted by atomic mass is 16.6. The Morgan fingerprint density at radius 1 is 0.329 bits per heavy atom. The van der Waals surface area contributed by atoms with Crippen LogP contribution in [-0.4, -0.2) is 37.9 Å². The van der Waals surface area contributed by atoms with Gasteiger partial charge in [0.15, 0.2) is 6.10 Å². The molecular weight excluding hydrogens is 861 g/mol. The molecule has 0 aliphatic heterocycles. The lowest BCUT2D eigenvalue weighted by Crippen LogP contribution is -2.30. The van der Waals surface area contributed by atoms with Crippen LogP contribution in [0, 0.1) is 0 Å². The second-order valence-electron chi connectivity index (χ2n) is 20.2. The van der Waals surface area contributed by atoms with Gasteiger partial charge in [-0.25, -0.2) is 0 Å². The van der Waals surface area contributed by atoms with Gasteiger partial charge < -0.3 is 14.2 Å². The second-order valence-corrected chi connectivity index (χ2v) is 20.2. The highest BCUT2D eigenvalue weighted by Crippen LogP contribution is 2.17. The fourth-order valence-corrected chi connectivity index (χ4v) is 8.78. The highest BCUT2D eigenvalue weighted by molar-refractivity contribution is 5.70. The quantitative estimate of drug-likeness (QED) is 0.0345. The minimum Gasteiger partial charge on any atom is -0.462 e. The molecule has 0 bridgehead atoms. The largest absolute Gasteiger partial charge is 0.462 e. The van der Waals surface area contributed by atoms with E-state index in [1.165, 1.54) is 167 Å². The van der Waals surface area contributed by atoms with Crippen LogP contribution in [0.2, 0.25) is 0 Å². The Morgan fingerprint density at radius 2 is 0.643 bits per heavy atom. The van der Waals surface area contributed by atoms with Gasteiger partial charge in [0.2, 0.25) is 0 Å². The van der Waals surface area contributed by atoms with Crippen molar-refractivity contribution < 1.29 is 23.8 Å². The minimum absolute atomic E-state index is 0.0768. The van der Waals surface area contributed by atoms with Gasteiger partial charge in [-0.3, -0.25) is 9.59 Å². The summed E-state index contributed by atoms with van der Waals surface area (Å²) in [4.78, 5) is 25.6. The Hall–Kier alpha value is -2.66. The van der Waals surface area contributed by atoms with Crippen molar-refractivity contribution in [2.45, 2.75) is 309 Å². The topological polar surface area (TPSA) is 61.8 Å². The second kappa shape index (κ2) is 60.6. The SMILES string of the molecule is CC/C=C\C/C=C\C/C=C\CCCCCCCCCC(=O)OCC(COCCCCCCCCCCCCCCCCCCCCCC)OC(=O)CCCCCCCCC/C=C\C/C=C\C/C=C\CC. The van der Waals surface area contributed by atoms with E-state index in [0.717, 1.165) is 103 Å². The van der Waals surface area contributed by atoms with Gasteiger partial charge in [-0.1, -0.05) is 280 Å². The molecule has 0 aromatic carbocycles. The van der Waals surface area contributed by atoms with Crippen LogP contribution in [0.5, 0.6) is 0 Å². The summed E-state index contributed by atoms with van der Waals surface area (Å²) in [5.41, 5.74) is 0. The summed E-state index contributed by atoms with van der Waals surface area (Å²) in [6, 6.07) is 0. The lowest BCUT2D eigenvalue weighted by atomic mass is 10.0. The maximum Gasteiger partial charge on any atom is 0.306 e. The van der Waals surface area contributed by atoms with Crippen LogP contribution >= 0.6 is 0 Å². The standard InChI is InChI=1S/C65H116O5/c1-4-7-10-13-16-19-22-25-28-31-32-33-36-39-42-45-48-51-54-57-60-68-61-63(70-65(67)59-56-53-50-47-44-41-38-35-30-27-24-21-18-15-12-9-6-3)62-69-64(66)58-55-52-49-46-43-40-37-34-29-26-23-20-17-14-11-8-5-2/h8-9,11-12,17-18,20-21,26-27,29-30,63H,4-7,10,13-16,19,22-25,28,31-62H2,1-3H3/b11-8-,12-9-,20-17-,21-18-,29-26-,30-27-. The van der Waals surface area contributed by atoms with Crippen molar-refractivity contribution >= 4 is 11.9 Å². The minimum atomic E-state index is -0.547. The molecule has 0 radical (unpaired) electrons. The molecule has 5 nitrogen and oxygen atoms in total. The molecule has 1 atom stereocenters. The summed E-state index contributed by atoms with van der Waals surface area (Å²) in [5.74, 6) is -0.407. The first-order valence-electron chi connectivity index (χ1n) is 30.5. The Labute approximate surface area is 436 Å². The van der Waals surface area contributed by atoms with Crippen LogP contribution in [0.15, 0.2) is 72.9 Å². The molecule has 0 spiro atoms. The van der Waals surface area contributed by atoms with E-state index >= 15 is 0 Å². The molecule has 0 saturated heterocycles. The van der Waals surface area contributed by atoms with E-state index in [1.807, 2.05) is 0 Å². The number of esters is 2. The number of hydrogen-bond acceptors (Lipinski definition) is 5. The molecule has 5 heteroatoms. The Morgan fingerprint density at radius 3 is 1.03 bits per heavy atom. The molecule has 0 fully saturated rings. The van der Waals surface area contributed by atoms with E-state index in [-0.39, 0.29) is 25.2 Å². The average molecular weight is 978 g/mol. The smallest absolute Gasteiger partial charge is 0.306 e. The Balaban J connectivity index is 4.27. The zero-order chi connectivity index (χ0) is 50.6. The lowest BCUT2D eigenvalue weighted by molar-refractivity contribution is -0.163. The number of rotatable bonds is 56. The Bertz CT molecular complexity index is 1240. The van der Waals surface area contributed by atoms with Crippen LogP contribution in [-0.2, 0) is 23.8 Å². The lowest BCUT2D eigenvalue weighted by Gasteiger charge is -2.18. The Kier molecular flexibility index (Phi) is 58.3. The zero-order valence-corrected chi connectivity index (χ0v) is 46.8. The van der Waals surface area contributed by atoms with E-state index in [1.54, 1.807) is 0 Å². The molecule has 0 heterocycles. The number of carbonyl (C=O) groups excluding carboxylic acids is 2. The van der Waals surface area contributed by atoms with Crippen LogP contribution in [0.4, 0.5) is 0 Å². The number of unbranched alkanes of at least 4 members (excludes halogenated alkanes) is 33. The zero-order valence-electron chi connectivity index (χ0n) is 46.8. The molecule has 0 N–H and O–H groups in total. The molecule has 1 unspecified atom stereocenters. The summed E-state index contributed by atoms with van der Waals surface area (Å²) >= 11 is 0. The predicted molar refractivity (Wildman–Crippen MR) is 307 cm³/mol. The average Bonchev–Trinajstić information content (AvgIpc) is 3.36. The number of ether oxygens (including phenoxy) is 3. The molecule has 406 valence electrons. The van der Waals surface area contributed by atoms with Crippen molar-refractivity contribution in [3.8, 4) is 0 Å². The summed E-state index contributed by atoms with van der Waals surface area (Å²) in [7, 11) is 0. The monoisotopic (exact) mass is 977 g/mol. The summed E-state index contributed by atoms with van der Waals surface area (Å²) in [6.07, 6.45) is 79.3. The van der Waals surface area contributed by atoms with Crippen LogP contribution in [0.1, 0.15) is 303 Å². The maximum atomic E-state index is 12.9. The third-order valence-corrected chi connectivity index (χ3v) is 13.2. The third-order valence-electron chi connectivity index (χ3n) is 13.2. The van der Waals surface area contributed by atoms with Gasteiger partial charge in [0.25, 0.3) is 0 Å². The van der Waals surface area contributed by atoms with E-state index in [0.29, 0.717) is 19.4 Å². The molecule has 0 saturated carbocycles. The van der Waals surface area contributed by atoms with Gasteiger partial charge in [-0.2, -0.15) is 0 Å². The molecule has 0 rings (SSSR count). The van der Waals surface area contributed by atoms with E-state index in [4.69, 9.17) is 14.2 Å². The number of hydrogen-bond donors (Lipinski definition) is 0. The molecule has 0 aliphatic carbocycles.